The minimum Gasteiger partial charge on any atom is -0.236 e. The van der Waals surface area contributed by atoms with Crippen LogP contribution in [0.1, 0.15) is 0 Å². The minimum absolute atomic E-state index is 0.429. The van der Waals surface area contributed by atoms with Crippen LogP contribution in [0, 0.1) is 3.57 Å². The van der Waals surface area contributed by atoms with E-state index in [0.717, 1.165) is 14.5 Å². The molecule has 0 amide bonds. The number of benzene rings is 1. The highest BCUT2D eigenvalue weighted by molar-refractivity contribution is 14.1. The second-order valence-electron chi connectivity index (χ2n) is 2.59. The van der Waals surface area contributed by atoms with E-state index in [1.165, 1.54) is 0 Å². The number of hydrogen-bond acceptors (Lipinski definition) is 1. The van der Waals surface area contributed by atoms with Crippen LogP contribution in [0.3, 0.4) is 0 Å². The van der Waals surface area contributed by atoms with Crippen molar-refractivity contribution in [3.63, 3.8) is 0 Å². The fourth-order valence-electron chi connectivity index (χ4n) is 1.13. The molecule has 1 aromatic heterocycles. The van der Waals surface area contributed by atoms with Crippen LogP contribution in [-0.2, 0) is 0 Å². The monoisotopic (exact) mass is 323 g/mol. The maximum atomic E-state index is 6.01. The molecule has 4 heteroatoms. The third-order valence-electron chi connectivity index (χ3n) is 1.69. The van der Waals surface area contributed by atoms with Gasteiger partial charge in [-0.2, -0.15) is 0 Å². The van der Waals surface area contributed by atoms with E-state index in [-0.39, 0.29) is 0 Å². The smallest absolute Gasteiger partial charge is 0.131 e. The molecule has 1 nitrogen and oxygen atoms in total. The number of hydrogen-bond donors (Lipinski definition) is 0. The van der Waals surface area contributed by atoms with E-state index in [4.69, 9.17) is 23.2 Å². The van der Waals surface area contributed by atoms with Crippen molar-refractivity contribution in [1.82, 2.24) is 4.98 Å². The normalized spacial score (nSPS) is 10.7. The largest absolute Gasteiger partial charge is 0.236 e. The predicted molar refractivity (Wildman–Crippen MR) is 64.5 cm³/mol. The molecule has 0 atom stereocenters. The Bertz CT molecular complexity index is 470. The first-order valence-corrected chi connectivity index (χ1v) is 5.41. The van der Waals surface area contributed by atoms with Crippen molar-refractivity contribution in [2.24, 2.45) is 0 Å². The molecule has 2 rings (SSSR count). The lowest BCUT2D eigenvalue weighted by atomic mass is 10.2. The molecular weight excluding hydrogens is 320 g/mol. The van der Waals surface area contributed by atoms with E-state index >= 15 is 0 Å². The summed E-state index contributed by atoms with van der Waals surface area (Å²) in [5.41, 5.74) is 0.831. The van der Waals surface area contributed by atoms with Gasteiger partial charge in [-0.05, 0) is 46.9 Å². The standard InChI is InChI=1S/C9H4Cl2IN/c10-7-4-9(11)13-8-2-1-5(12)3-6(7)8/h1-4H. The summed E-state index contributed by atoms with van der Waals surface area (Å²) < 4.78 is 1.14. The summed E-state index contributed by atoms with van der Waals surface area (Å²) in [6, 6.07) is 7.53. The van der Waals surface area contributed by atoms with Crippen molar-refractivity contribution >= 4 is 56.7 Å². The highest BCUT2D eigenvalue weighted by Crippen LogP contribution is 2.26. The van der Waals surface area contributed by atoms with Crippen molar-refractivity contribution in [1.29, 1.82) is 0 Å². The molecule has 66 valence electrons. The van der Waals surface area contributed by atoms with Gasteiger partial charge in [-0.3, -0.25) is 0 Å². The van der Waals surface area contributed by atoms with Gasteiger partial charge >= 0.3 is 0 Å². The van der Waals surface area contributed by atoms with Crippen LogP contribution < -0.4 is 0 Å². The maximum absolute atomic E-state index is 6.01. The lowest BCUT2D eigenvalue weighted by molar-refractivity contribution is 1.41. The molecule has 13 heavy (non-hydrogen) atoms. The predicted octanol–water partition coefficient (Wildman–Crippen LogP) is 4.15. The van der Waals surface area contributed by atoms with Crippen molar-refractivity contribution in [3.8, 4) is 0 Å². The lowest BCUT2D eigenvalue weighted by Crippen LogP contribution is -1.82. The van der Waals surface area contributed by atoms with Gasteiger partial charge in [0.15, 0.2) is 0 Å². The molecule has 0 aliphatic heterocycles. The summed E-state index contributed by atoms with van der Waals surface area (Å²) in [7, 11) is 0. The number of aromatic nitrogens is 1. The Morgan fingerprint density at radius 3 is 2.69 bits per heavy atom. The maximum Gasteiger partial charge on any atom is 0.131 e. The van der Waals surface area contributed by atoms with Crippen LogP contribution in [0.25, 0.3) is 10.9 Å². The molecule has 0 radical (unpaired) electrons. The van der Waals surface area contributed by atoms with Crippen molar-refractivity contribution in [2.45, 2.75) is 0 Å². The molecule has 0 unspecified atom stereocenters. The van der Waals surface area contributed by atoms with Gasteiger partial charge in [-0.1, -0.05) is 23.2 Å². The van der Waals surface area contributed by atoms with E-state index < -0.39 is 0 Å². The Balaban J connectivity index is 2.87. The minimum atomic E-state index is 0.429. The van der Waals surface area contributed by atoms with Crippen molar-refractivity contribution in [3.05, 3.63) is 38.0 Å². The van der Waals surface area contributed by atoms with Gasteiger partial charge in [0.25, 0.3) is 0 Å². The summed E-state index contributed by atoms with van der Waals surface area (Å²) in [5, 5.41) is 2.02. The molecular formula is C9H4Cl2IN. The fourth-order valence-corrected chi connectivity index (χ4v) is 2.13. The number of pyridine rings is 1. The van der Waals surface area contributed by atoms with E-state index in [2.05, 4.69) is 27.6 Å². The summed E-state index contributed by atoms with van der Waals surface area (Å²) in [6.45, 7) is 0. The average molecular weight is 324 g/mol. The second kappa shape index (κ2) is 3.59. The Kier molecular flexibility index (Phi) is 2.62. The van der Waals surface area contributed by atoms with Gasteiger partial charge < -0.3 is 0 Å². The molecule has 0 saturated carbocycles. The Morgan fingerprint density at radius 1 is 1.15 bits per heavy atom. The van der Waals surface area contributed by atoms with Crippen LogP contribution in [0.5, 0.6) is 0 Å². The summed E-state index contributed by atoms with van der Waals surface area (Å²) in [6.07, 6.45) is 0. The van der Waals surface area contributed by atoms with Gasteiger partial charge in [0.1, 0.15) is 5.15 Å². The Labute approximate surface area is 99.2 Å². The quantitative estimate of drug-likeness (QED) is 0.524. The third kappa shape index (κ3) is 1.90. The molecule has 1 heterocycles. The van der Waals surface area contributed by atoms with Crippen molar-refractivity contribution in [2.75, 3.05) is 0 Å². The number of fused-ring (bicyclic) bond motifs is 1. The van der Waals surface area contributed by atoms with Crippen molar-refractivity contribution < 1.29 is 0 Å². The number of halogens is 3. The molecule has 0 bridgehead atoms. The zero-order chi connectivity index (χ0) is 9.42. The fraction of sp³-hybridized carbons (Fsp3) is 0. The first kappa shape index (κ1) is 9.49. The Morgan fingerprint density at radius 2 is 1.92 bits per heavy atom. The molecule has 2 aromatic rings. The van der Waals surface area contributed by atoms with Gasteiger partial charge in [-0.25, -0.2) is 4.98 Å². The molecule has 0 aliphatic carbocycles. The van der Waals surface area contributed by atoms with E-state index in [9.17, 15) is 0 Å². The second-order valence-corrected chi connectivity index (χ2v) is 4.63. The molecule has 0 saturated heterocycles. The zero-order valence-corrected chi connectivity index (χ0v) is 10.1. The van der Waals surface area contributed by atoms with Crippen LogP contribution in [-0.4, -0.2) is 4.98 Å². The van der Waals surface area contributed by atoms with E-state index in [1.807, 2.05) is 18.2 Å². The number of nitrogens with zero attached hydrogens (tertiary/aromatic N) is 1. The van der Waals surface area contributed by atoms with Gasteiger partial charge in [-0.15, -0.1) is 0 Å². The summed E-state index contributed by atoms with van der Waals surface area (Å²) >= 11 is 14.0. The van der Waals surface area contributed by atoms with Crippen LogP contribution in [0.2, 0.25) is 10.2 Å². The van der Waals surface area contributed by atoms with Gasteiger partial charge in [0.2, 0.25) is 0 Å². The van der Waals surface area contributed by atoms with Gasteiger partial charge in [0, 0.05) is 8.96 Å². The van der Waals surface area contributed by atoms with E-state index in [1.54, 1.807) is 6.07 Å². The van der Waals surface area contributed by atoms with Crippen LogP contribution in [0.15, 0.2) is 24.3 Å². The number of rotatable bonds is 0. The van der Waals surface area contributed by atoms with Crippen LogP contribution >= 0.6 is 45.8 Å². The molecule has 1 aromatic carbocycles. The lowest BCUT2D eigenvalue weighted by Gasteiger charge is -2.00. The molecule has 0 spiro atoms. The first-order chi connectivity index (χ1) is 6.16. The van der Waals surface area contributed by atoms with E-state index in [0.29, 0.717) is 10.2 Å². The molecule has 0 N–H and O–H groups in total. The molecule has 0 aliphatic rings. The summed E-state index contributed by atoms with van der Waals surface area (Å²) in [5.74, 6) is 0. The third-order valence-corrected chi connectivity index (χ3v) is 2.87. The van der Waals surface area contributed by atoms with Gasteiger partial charge in [0.05, 0.1) is 10.5 Å². The first-order valence-electron chi connectivity index (χ1n) is 3.58. The average Bonchev–Trinajstić information content (AvgIpc) is 2.06. The highest BCUT2D eigenvalue weighted by atomic mass is 127. The Hall–Kier alpha value is -0.0600. The highest BCUT2D eigenvalue weighted by Gasteiger charge is 2.02. The topological polar surface area (TPSA) is 12.9 Å². The SMILES string of the molecule is Clc1cc(Cl)c2cc(I)ccc2n1. The summed E-state index contributed by atoms with van der Waals surface area (Å²) in [4.78, 5) is 4.16. The van der Waals surface area contributed by atoms with Crippen LogP contribution in [0.4, 0.5) is 0 Å². The zero-order valence-electron chi connectivity index (χ0n) is 6.39. The molecule has 0 fully saturated rings.